The molecule has 0 N–H and O–H groups in total. The number of alkyl halides is 1. The fraction of sp³-hybridized carbons (Fsp3) is 0.600. The summed E-state index contributed by atoms with van der Waals surface area (Å²) in [5.74, 6) is 1.50. The molecule has 5 nitrogen and oxygen atoms in total. The number of fused-ring (bicyclic) bond motifs is 1. The van der Waals surface area contributed by atoms with Gasteiger partial charge in [-0.05, 0) is 18.6 Å². The quantitative estimate of drug-likeness (QED) is 0.795. The van der Waals surface area contributed by atoms with Gasteiger partial charge in [-0.15, -0.1) is 11.6 Å². The highest BCUT2D eigenvalue weighted by Crippen LogP contribution is 2.27. The van der Waals surface area contributed by atoms with Gasteiger partial charge in [0.25, 0.3) is 0 Å². The fourth-order valence-electron chi connectivity index (χ4n) is 2.83. The lowest BCUT2D eigenvalue weighted by Crippen LogP contribution is -2.37. The maximum atomic E-state index is 5.92. The molecule has 1 unspecified atom stereocenters. The molecule has 0 aliphatic carbocycles. The highest BCUT2D eigenvalue weighted by atomic mass is 35.5. The molecule has 3 rings (SSSR count). The van der Waals surface area contributed by atoms with Gasteiger partial charge >= 0.3 is 0 Å². The van der Waals surface area contributed by atoms with E-state index in [1.54, 1.807) is 7.11 Å². The Labute approximate surface area is 129 Å². The lowest BCUT2D eigenvalue weighted by Gasteiger charge is -2.27. The summed E-state index contributed by atoms with van der Waals surface area (Å²) in [7, 11) is 1.74. The average Bonchev–Trinajstić information content (AvgIpc) is 3.06. The van der Waals surface area contributed by atoms with E-state index in [0.717, 1.165) is 42.0 Å². The second-order valence-electron chi connectivity index (χ2n) is 5.60. The van der Waals surface area contributed by atoms with Gasteiger partial charge in [-0.2, -0.15) is 0 Å². The lowest BCUT2D eigenvalue weighted by atomic mass is 10.0. The van der Waals surface area contributed by atoms with E-state index in [2.05, 4.69) is 15.6 Å². The van der Waals surface area contributed by atoms with Crippen molar-refractivity contribution >= 4 is 22.8 Å². The van der Waals surface area contributed by atoms with Gasteiger partial charge in [0.2, 0.25) is 0 Å². The largest absolute Gasteiger partial charge is 0.378 e. The van der Waals surface area contributed by atoms with Crippen LogP contribution in [0.5, 0.6) is 0 Å². The summed E-state index contributed by atoms with van der Waals surface area (Å²) >= 11 is 5.92. The molecule has 0 radical (unpaired) electrons. The molecular formula is C15H20ClN3O2. The molecule has 114 valence electrons. The Hall–Kier alpha value is -1.17. The zero-order valence-corrected chi connectivity index (χ0v) is 13.2. The lowest BCUT2D eigenvalue weighted by molar-refractivity contribution is -0.0293. The molecule has 2 aromatic heterocycles. The van der Waals surface area contributed by atoms with Crippen molar-refractivity contribution in [1.29, 1.82) is 0 Å². The van der Waals surface area contributed by atoms with Crippen LogP contribution in [0.3, 0.4) is 0 Å². The Balaban J connectivity index is 2.04. The Morgan fingerprint density at radius 3 is 3.05 bits per heavy atom. The molecule has 1 fully saturated rings. The van der Waals surface area contributed by atoms with Crippen LogP contribution < -0.4 is 0 Å². The van der Waals surface area contributed by atoms with Crippen LogP contribution in [0.2, 0.25) is 0 Å². The number of aryl methyl sites for hydroxylation is 2. The number of methoxy groups -OCH3 is 1. The van der Waals surface area contributed by atoms with Crippen molar-refractivity contribution < 1.29 is 9.47 Å². The van der Waals surface area contributed by atoms with Gasteiger partial charge in [-0.1, -0.05) is 0 Å². The van der Waals surface area contributed by atoms with E-state index in [0.29, 0.717) is 19.0 Å². The standard InChI is InChI=1S/C15H20ClN3O2/c1-11-7-12-14(17-8-11)19(13(18-12)3-5-16)9-15(20-2)4-6-21-10-15/h7-8H,3-6,9-10H2,1-2H3. The second kappa shape index (κ2) is 5.91. The van der Waals surface area contributed by atoms with Gasteiger partial charge in [0.05, 0.1) is 13.2 Å². The van der Waals surface area contributed by atoms with Crippen LogP contribution >= 0.6 is 11.6 Å². The van der Waals surface area contributed by atoms with Gasteiger partial charge in [-0.25, -0.2) is 9.97 Å². The van der Waals surface area contributed by atoms with Gasteiger partial charge in [-0.3, -0.25) is 0 Å². The maximum Gasteiger partial charge on any atom is 0.160 e. The van der Waals surface area contributed by atoms with Crippen LogP contribution in [0.4, 0.5) is 0 Å². The summed E-state index contributed by atoms with van der Waals surface area (Å²) in [6, 6.07) is 2.06. The number of aromatic nitrogens is 3. The van der Waals surface area contributed by atoms with Gasteiger partial charge in [0.1, 0.15) is 16.9 Å². The zero-order valence-electron chi connectivity index (χ0n) is 12.4. The van der Waals surface area contributed by atoms with Crippen molar-refractivity contribution in [2.24, 2.45) is 0 Å². The van der Waals surface area contributed by atoms with E-state index < -0.39 is 0 Å². The van der Waals surface area contributed by atoms with Gasteiger partial charge in [0, 0.05) is 38.6 Å². The molecule has 3 heterocycles. The number of hydrogen-bond donors (Lipinski definition) is 0. The number of hydrogen-bond acceptors (Lipinski definition) is 4. The van der Waals surface area contributed by atoms with E-state index in [4.69, 9.17) is 26.1 Å². The van der Waals surface area contributed by atoms with Gasteiger partial charge in [0.15, 0.2) is 5.65 Å². The first kappa shape index (κ1) is 14.8. The molecule has 6 heteroatoms. The Morgan fingerprint density at radius 1 is 1.52 bits per heavy atom. The molecule has 2 aromatic rings. The normalized spacial score (nSPS) is 22.2. The van der Waals surface area contributed by atoms with E-state index in [1.165, 1.54) is 0 Å². The third-order valence-corrected chi connectivity index (χ3v) is 4.25. The van der Waals surface area contributed by atoms with Crippen LogP contribution in [-0.2, 0) is 22.4 Å². The number of halogens is 1. The predicted molar refractivity (Wildman–Crippen MR) is 81.9 cm³/mol. The van der Waals surface area contributed by atoms with E-state index >= 15 is 0 Å². The molecule has 0 saturated carbocycles. The number of imidazole rings is 1. The minimum absolute atomic E-state index is 0.290. The van der Waals surface area contributed by atoms with Crippen molar-refractivity contribution in [2.45, 2.75) is 31.9 Å². The minimum atomic E-state index is -0.290. The van der Waals surface area contributed by atoms with Crippen LogP contribution in [0.25, 0.3) is 11.2 Å². The monoisotopic (exact) mass is 309 g/mol. The summed E-state index contributed by atoms with van der Waals surface area (Å²) < 4.78 is 13.4. The van der Waals surface area contributed by atoms with Crippen molar-refractivity contribution in [2.75, 3.05) is 26.2 Å². The molecule has 1 saturated heterocycles. The molecule has 0 amide bonds. The number of ether oxygens (including phenoxy) is 2. The first-order valence-corrected chi connectivity index (χ1v) is 7.71. The molecule has 1 aliphatic rings. The predicted octanol–water partition coefficient (Wildman–Crippen LogP) is 2.33. The summed E-state index contributed by atoms with van der Waals surface area (Å²) in [4.78, 5) is 9.24. The van der Waals surface area contributed by atoms with E-state index in [1.807, 2.05) is 13.1 Å². The zero-order chi connectivity index (χ0) is 14.9. The molecule has 1 aliphatic heterocycles. The molecule has 0 spiro atoms. The maximum absolute atomic E-state index is 5.92. The topological polar surface area (TPSA) is 49.2 Å². The second-order valence-corrected chi connectivity index (χ2v) is 5.98. The third kappa shape index (κ3) is 2.78. The third-order valence-electron chi connectivity index (χ3n) is 4.07. The van der Waals surface area contributed by atoms with Crippen LogP contribution in [0, 0.1) is 6.92 Å². The molecule has 0 bridgehead atoms. The first-order valence-electron chi connectivity index (χ1n) is 7.18. The number of nitrogens with zero attached hydrogens (tertiary/aromatic N) is 3. The van der Waals surface area contributed by atoms with Crippen molar-refractivity contribution in [3.05, 3.63) is 23.7 Å². The molecular weight excluding hydrogens is 290 g/mol. The van der Waals surface area contributed by atoms with Crippen molar-refractivity contribution in [3.63, 3.8) is 0 Å². The summed E-state index contributed by atoms with van der Waals surface area (Å²) in [5, 5.41) is 0. The number of rotatable bonds is 5. The molecule has 21 heavy (non-hydrogen) atoms. The fourth-order valence-corrected chi connectivity index (χ4v) is 3.00. The molecule has 1 atom stereocenters. The Bertz CT molecular complexity index is 635. The van der Waals surface area contributed by atoms with E-state index in [-0.39, 0.29) is 5.60 Å². The van der Waals surface area contributed by atoms with Crippen LogP contribution in [0.1, 0.15) is 17.8 Å². The summed E-state index contributed by atoms with van der Waals surface area (Å²) in [6.45, 7) is 4.06. The smallest absolute Gasteiger partial charge is 0.160 e. The first-order chi connectivity index (χ1) is 10.2. The SMILES string of the molecule is COC1(Cn2c(CCCl)nc3cc(C)cnc32)CCOC1. The summed E-state index contributed by atoms with van der Waals surface area (Å²) in [5.41, 5.74) is 2.63. The highest BCUT2D eigenvalue weighted by Gasteiger charge is 2.36. The number of pyridine rings is 1. The molecule has 0 aromatic carbocycles. The average molecular weight is 310 g/mol. The van der Waals surface area contributed by atoms with Gasteiger partial charge < -0.3 is 14.0 Å². The summed E-state index contributed by atoms with van der Waals surface area (Å²) in [6.07, 6.45) is 3.47. The van der Waals surface area contributed by atoms with Crippen LogP contribution in [-0.4, -0.2) is 46.3 Å². The highest BCUT2D eigenvalue weighted by molar-refractivity contribution is 6.17. The van der Waals surface area contributed by atoms with Crippen LogP contribution in [0.15, 0.2) is 12.3 Å². The minimum Gasteiger partial charge on any atom is -0.378 e. The van der Waals surface area contributed by atoms with Crippen molar-refractivity contribution in [3.8, 4) is 0 Å². The van der Waals surface area contributed by atoms with Crippen molar-refractivity contribution in [1.82, 2.24) is 14.5 Å². The Morgan fingerprint density at radius 2 is 2.38 bits per heavy atom. The van der Waals surface area contributed by atoms with E-state index in [9.17, 15) is 0 Å². The Kier molecular flexibility index (Phi) is 4.15.